The van der Waals surface area contributed by atoms with Crippen molar-refractivity contribution < 1.29 is 0 Å². The molecule has 2 atom stereocenters. The quantitative estimate of drug-likeness (QED) is 0.675. The third-order valence-electron chi connectivity index (χ3n) is 4.94. The van der Waals surface area contributed by atoms with E-state index in [9.17, 15) is 0 Å². The van der Waals surface area contributed by atoms with Gasteiger partial charge in [0, 0.05) is 5.92 Å². The Morgan fingerprint density at radius 1 is 1.12 bits per heavy atom. The van der Waals surface area contributed by atoms with Crippen LogP contribution in [0.25, 0.3) is 5.69 Å². The summed E-state index contributed by atoms with van der Waals surface area (Å²) in [4.78, 5) is 0. The summed E-state index contributed by atoms with van der Waals surface area (Å²) in [6, 6.07) is 17.3. The molecule has 1 aromatic heterocycles. The predicted molar refractivity (Wildman–Crippen MR) is 99.4 cm³/mol. The number of hydrogen-bond acceptors (Lipinski definition) is 2. The maximum absolute atomic E-state index is 5.53. The van der Waals surface area contributed by atoms with Gasteiger partial charge in [0.15, 0.2) is 4.77 Å². The number of aryl methyl sites for hydroxylation is 2. The van der Waals surface area contributed by atoms with Crippen molar-refractivity contribution >= 4 is 12.2 Å². The lowest BCUT2D eigenvalue weighted by Crippen LogP contribution is -2.04. The molecule has 2 aromatic carbocycles. The summed E-state index contributed by atoms with van der Waals surface area (Å²) in [5.74, 6) is 2.04. The van der Waals surface area contributed by atoms with Crippen LogP contribution in [-0.2, 0) is 6.42 Å². The van der Waals surface area contributed by atoms with Crippen LogP contribution in [0.3, 0.4) is 0 Å². The molecule has 0 aliphatic heterocycles. The molecule has 1 N–H and O–H groups in total. The number of nitrogens with zero attached hydrogens (tertiary/aromatic N) is 2. The molecule has 0 bridgehead atoms. The van der Waals surface area contributed by atoms with Crippen molar-refractivity contribution in [3.63, 3.8) is 0 Å². The van der Waals surface area contributed by atoms with Crippen LogP contribution in [0.1, 0.15) is 47.7 Å². The predicted octanol–water partition coefficient (Wildman–Crippen LogP) is 5.07. The standard InChI is InChI=1S/C20H21N3S/c1-3-14-6-4-5-7-18(14)23-19(21-22-20(23)24)17-12-16(17)15-10-8-13(2)9-11-15/h4-11,16-17H,3,12H2,1-2H3,(H,22,24)/t16-,17+/m1/s1. The topological polar surface area (TPSA) is 33.6 Å². The van der Waals surface area contributed by atoms with Crippen LogP contribution in [0.2, 0.25) is 0 Å². The zero-order valence-electron chi connectivity index (χ0n) is 14.0. The van der Waals surface area contributed by atoms with Crippen molar-refractivity contribution in [1.82, 2.24) is 14.8 Å². The minimum atomic E-state index is 0.436. The second kappa shape index (κ2) is 6.02. The van der Waals surface area contributed by atoms with Crippen molar-refractivity contribution in [3.8, 4) is 5.69 Å². The van der Waals surface area contributed by atoms with Crippen molar-refractivity contribution in [2.45, 2.75) is 38.5 Å². The van der Waals surface area contributed by atoms with Gasteiger partial charge < -0.3 is 0 Å². The highest BCUT2D eigenvalue weighted by Gasteiger charge is 2.43. The molecule has 1 heterocycles. The number of hydrogen-bond donors (Lipinski definition) is 1. The van der Waals surface area contributed by atoms with Crippen LogP contribution < -0.4 is 0 Å². The molecular weight excluding hydrogens is 314 g/mol. The molecule has 1 saturated carbocycles. The van der Waals surface area contributed by atoms with E-state index in [4.69, 9.17) is 12.2 Å². The first kappa shape index (κ1) is 15.3. The van der Waals surface area contributed by atoms with E-state index in [1.807, 2.05) is 0 Å². The molecule has 0 spiro atoms. The van der Waals surface area contributed by atoms with Crippen molar-refractivity contribution in [2.24, 2.45) is 0 Å². The third kappa shape index (κ3) is 2.61. The monoisotopic (exact) mass is 335 g/mol. The van der Waals surface area contributed by atoms with Crippen molar-refractivity contribution in [3.05, 3.63) is 75.8 Å². The minimum Gasteiger partial charge on any atom is -0.272 e. The Morgan fingerprint density at radius 3 is 2.62 bits per heavy atom. The molecule has 3 nitrogen and oxygen atoms in total. The first-order chi connectivity index (χ1) is 11.7. The molecule has 1 fully saturated rings. The molecule has 0 saturated heterocycles. The average Bonchev–Trinajstić information content (AvgIpc) is 3.31. The van der Waals surface area contributed by atoms with Gasteiger partial charge >= 0.3 is 0 Å². The Morgan fingerprint density at radius 2 is 1.88 bits per heavy atom. The fourth-order valence-electron chi connectivity index (χ4n) is 3.48. The van der Waals surface area contributed by atoms with E-state index in [1.54, 1.807) is 0 Å². The van der Waals surface area contributed by atoms with Crippen molar-refractivity contribution in [2.75, 3.05) is 0 Å². The van der Waals surface area contributed by atoms with Crippen molar-refractivity contribution in [1.29, 1.82) is 0 Å². The maximum atomic E-state index is 5.53. The molecule has 4 heteroatoms. The van der Waals surface area contributed by atoms with Crippen LogP contribution >= 0.6 is 12.2 Å². The molecule has 0 unspecified atom stereocenters. The summed E-state index contributed by atoms with van der Waals surface area (Å²) < 4.78 is 2.81. The molecule has 3 aromatic rings. The third-order valence-corrected chi connectivity index (χ3v) is 5.21. The number of benzene rings is 2. The molecule has 0 amide bonds. The Hall–Kier alpha value is -2.20. The largest absolute Gasteiger partial charge is 0.272 e. The Labute approximate surface area is 147 Å². The zero-order valence-corrected chi connectivity index (χ0v) is 14.8. The molecule has 122 valence electrons. The van der Waals surface area contributed by atoms with E-state index in [2.05, 4.69) is 77.1 Å². The van der Waals surface area contributed by atoms with E-state index < -0.39 is 0 Å². The molecule has 0 radical (unpaired) electrons. The lowest BCUT2D eigenvalue weighted by Gasteiger charge is -2.11. The van der Waals surface area contributed by atoms with E-state index in [1.165, 1.54) is 16.7 Å². The number of rotatable bonds is 4. The lowest BCUT2D eigenvalue weighted by molar-refractivity contribution is 0.838. The second-order valence-corrected chi connectivity index (χ2v) is 6.95. The van der Waals surface area contributed by atoms with E-state index >= 15 is 0 Å². The smallest absolute Gasteiger partial charge is 0.199 e. The van der Waals surface area contributed by atoms with Crippen LogP contribution in [0, 0.1) is 11.7 Å². The van der Waals surface area contributed by atoms with Gasteiger partial charge in [-0.25, -0.2) is 0 Å². The highest BCUT2D eigenvalue weighted by atomic mass is 32.1. The molecule has 4 rings (SSSR count). The molecule has 24 heavy (non-hydrogen) atoms. The summed E-state index contributed by atoms with van der Waals surface area (Å²) in [5, 5.41) is 7.57. The van der Waals surface area contributed by atoms with Crippen LogP contribution in [0.5, 0.6) is 0 Å². The van der Waals surface area contributed by atoms with Gasteiger partial charge in [-0.2, -0.15) is 5.10 Å². The number of H-pyrrole nitrogens is 1. The van der Waals surface area contributed by atoms with Gasteiger partial charge in [-0.05, 0) is 55.1 Å². The zero-order chi connectivity index (χ0) is 16.7. The van der Waals surface area contributed by atoms with E-state index in [0.717, 1.165) is 24.4 Å². The maximum Gasteiger partial charge on any atom is 0.199 e. The van der Waals surface area contributed by atoms with E-state index in [0.29, 0.717) is 16.6 Å². The van der Waals surface area contributed by atoms with Gasteiger partial charge in [-0.1, -0.05) is 55.0 Å². The van der Waals surface area contributed by atoms with Crippen LogP contribution in [0.15, 0.2) is 48.5 Å². The Bertz CT molecular complexity index is 921. The molecule has 1 aliphatic rings. The Balaban J connectivity index is 1.72. The second-order valence-electron chi connectivity index (χ2n) is 6.56. The number of aromatic nitrogens is 3. The summed E-state index contributed by atoms with van der Waals surface area (Å²) in [5.41, 5.74) is 5.15. The fourth-order valence-corrected chi connectivity index (χ4v) is 3.72. The van der Waals surface area contributed by atoms with Gasteiger partial charge in [0.1, 0.15) is 5.82 Å². The Kier molecular flexibility index (Phi) is 3.85. The van der Waals surface area contributed by atoms with Gasteiger partial charge in [-0.3, -0.25) is 9.67 Å². The normalized spacial score (nSPS) is 19.4. The minimum absolute atomic E-state index is 0.436. The SMILES string of the molecule is CCc1ccccc1-n1c([C@H]2C[C@@H]2c2ccc(C)cc2)n[nH]c1=S. The van der Waals surface area contributed by atoms with Gasteiger partial charge in [0.2, 0.25) is 0 Å². The van der Waals surface area contributed by atoms with Crippen LogP contribution in [0.4, 0.5) is 0 Å². The number of para-hydroxylation sites is 1. The van der Waals surface area contributed by atoms with Gasteiger partial charge in [0.25, 0.3) is 0 Å². The first-order valence-electron chi connectivity index (χ1n) is 8.51. The van der Waals surface area contributed by atoms with Gasteiger partial charge in [-0.15, -0.1) is 0 Å². The van der Waals surface area contributed by atoms with Crippen LogP contribution in [-0.4, -0.2) is 14.8 Å². The first-order valence-corrected chi connectivity index (χ1v) is 8.92. The lowest BCUT2D eigenvalue weighted by atomic mass is 10.1. The molecule has 1 aliphatic carbocycles. The highest BCUT2D eigenvalue weighted by molar-refractivity contribution is 7.71. The molecular formula is C20H21N3S. The summed E-state index contributed by atoms with van der Waals surface area (Å²) in [6.07, 6.45) is 2.12. The summed E-state index contributed by atoms with van der Waals surface area (Å²) in [6.45, 7) is 4.30. The summed E-state index contributed by atoms with van der Waals surface area (Å²) in [7, 11) is 0. The van der Waals surface area contributed by atoms with E-state index in [-0.39, 0.29) is 0 Å². The number of nitrogens with one attached hydrogen (secondary N) is 1. The fraction of sp³-hybridized carbons (Fsp3) is 0.300. The number of aromatic amines is 1. The average molecular weight is 335 g/mol. The van der Waals surface area contributed by atoms with Gasteiger partial charge in [0.05, 0.1) is 5.69 Å². The summed E-state index contributed by atoms with van der Waals surface area (Å²) >= 11 is 5.53. The highest BCUT2D eigenvalue weighted by Crippen LogP contribution is 2.54.